The Bertz CT molecular complexity index is 993. The highest BCUT2D eigenvalue weighted by molar-refractivity contribution is 7.89. The summed E-state index contributed by atoms with van der Waals surface area (Å²) >= 11 is 0. The Labute approximate surface area is 177 Å². The lowest BCUT2D eigenvalue weighted by molar-refractivity contribution is -0.117. The fourth-order valence-corrected chi connectivity index (χ4v) is 4.68. The van der Waals surface area contributed by atoms with Crippen LogP contribution in [0.4, 0.5) is 10.1 Å². The van der Waals surface area contributed by atoms with E-state index in [0.29, 0.717) is 24.3 Å². The number of anilines is 1. The molecule has 0 spiro atoms. The Balaban J connectivity index is 1.50. The Morgan fingerprint density at radius 3 is 2.60 bits per heavy atom. The van der Waals surface area contributed by atoms with Gasteiger partial charge >= 0.3 is 0 Å². The summed E-state index contributed by atoms with van der Waals surface area (Å²) in [7, 11) is -3.55. The van der Waals surface area contributed by atoms with E-state index in [0.717, 1.165) is 24.9 Å². The molecule has 1 aliphatic rings. The number of nitrogens with one attached hydrogen (secondary N) is 2. The summed E-state index contributed by atoms with van der Waals surface area (Å²) in [6.45, 7) is 5.50. The van der Waals surface area contributed by atoms with E-state index in [1.54, 1.807) is 43.3 Å². The van der Waals surface area contributed by atoms with E-state index in [-0.39, 0.29) is 29.1 Å². The third-order valence-electron chi connectivity index (χ3n) is 5.32. The molecule has 162 valence electrons. The molecule has 1 heterocycles. The van der Waals surface area contributed by atoms with Crippen molar-refractivity contribution in [2.45, 2.75) is 31.6 Å². The summed E-state index contributed by atoms with van der Waals surface area (Å²) in [5.41, 5.74) is 1.96. The summed E-state index contributed by atoms with van der Waals surface area (Å²) in [6.07, 6.45) is 1.79. The maximum Gasteiger partial charge on any atom is 0.240 e. The molecular weight excluding hydrogens is 405 g/mol. The van der Waals surface area contributed by atoms with E-state index in [4.69, 9.17) is 0 Å². The maximum absolute atomic E-state index is 13.6. The molecule has 0 radical (unpaired) electrons. The quantitative estimate of drug-likeness (QED) is 0.704. The lowest BCUT2D eigenvalue weighted by Gasteiger charge is -2.32. The zero-order valence-electron chi connectivity index (χ0n) is 17.3. The van der Waals surface area contributed by atoms with Gasteiger partial charge in [-0.15, -0.1) is 0 Å². The zero-order chi connectivity index (χ0) is 21.7. The Hall–Kier alpha value is -2.29. The molecule has 0 aromatic heterocycles. The Morgan fingerprint density at radius 1 is 1.17 bits per heavy atom. The number of carbonyl (C=O) groups excluding carboxylic acids is 1. The summed E-state index contributed by atoms with van der Waals surface area (Å²) in [4.78, 5) is 14.6. The van der Waals surface area contributed by atoms with Crippen molar-refractivity contribution in [3.63, 3.8) is 0 Å². The molecule has 1 unspecified atom stereocenters. The van der Waals surface area contributed by atoms with Crippen LogP contribution in [0.25, 0.3) is 0 Å². The van der Waals surface area contributed by atoms with Crippen molar-refractivity contribution in [3.8, 4) is 0 Å². The molecular formula is C22H28FN3O3S. The summed E-state index contributed by atoms with van der Waals surface area (Å²) < 4.78 is 41.3. The number of amides is 1. The predicted octanol–water partition coefficient (Wildman–Crippen LogP) is 3.07. The van der Waals surface area contributed by atoms with Gasteiger partial charge in [0, 0.05) is 18.8 Å². The molecule has 3 rings (SSSR count). The average Bonchev–Trinajstić information content (AvgIpc) is 2.70. The first-order valence-electron chi connectivity index (χ1n) is 10.1. The number of nitrogens with zero attached hydrogens (tertiary/aromatic N) is 1. The summed E-state index contributed by atoms with van der Waals surface area (Å²) in [5, 5.41) is 2.72. The number of aryl methyl sites for hydroxylation is 2. The molecule has 6 nitrogen and oxygen atoms in total. The molecule has 30 heavy (non-hydrogen) atoms. The van der Waals surface area contributed by atoms with Crippen LogP contribution in [0, 0.1) is 25.6 Å². The van der Waals surface area contributed by atoms with Crippen LogP contribution < -0.4 is 10.0 Å². The van der Waals surface area contributed by atoms with E-state index in [1.807, 2.05) is 11.8 Å². The number of sulfonamides is 1. The maximum atomic E-state index is 13.6. The molecule has 0 bridgehead atoms. The molecule has 2 aromatic rings. The van der Waals surface area contributed by atoms with Crippen molar-refractivity contribution in [2.24, 2.45) is 5.92 Å². The minimum Gasteiger partial charge on any atom is -0.325 e. The Kier molecular flexibility index (Phi) is 7.23. The molecule has 1 saturated heterocycles. The number of piperidine rings is 1. The summed E-state index contributed by atoms with van der Waals surface area (Å²) in [6, 6.07) is 11.4. The van der Waals surface area contributed by atoms with Crippen molar-refractivity contribution in [1.82, 2.24) is 9.62 Å². The number of halogens is 1. The fourth-order valence-electron chi connectivity index (χ4n) is 3.56. The standard InChI is InChI=1S/C22H28FN3O3S/c1-16-5-9-20(10-6-16)30(28,29)24-13-18-4-3-11-26(14-18)15-22(27)25-19-8-7-17(2)21(23)12-19/h5-10,12,18,24H,3-4,11,13-15H2,1-2H3,(H,25,27). The second-order valence-electron chi connectivity index (χ2n) is 7.92. The van der Waals surface area contributed by atoms with Gasteiger partial charge in [-0.25, -0.2) is 17.5 Å². The van der Waals surface area contributed by atoms with Crippen molar-refractivity contribution < 1.29 is 17.6 Å². The van der Waals surface area contributed by atoms with Crippen molar-refractivity contribution in [2.75, 3.05) is 31.5 Å². The van der Waals surface area contributed by atoms with Crippen molar-refractivity contribution in [3.05, 3.63) is 59.4 Å². The minimum absolute atomic E-state index is 0.128. The Morgan fingerprint density at radius 2 is 1.90 bits per heavy atom. The number of likely N-dealkylation sites (tertiary alicyclic amines) is 1. The van der Waals surface area contributed by atoms with Gasteiger partial charge in [0.1, 0.15) is 5.82 Å². The van der Waals surface area contributed by atoms with E-state index in [1.165, 1.54) is 6.07 Å². The van der Waals surface area contributed by atoms with Gasteiger partial charge in [-0.2, -0.15) is 0 Å². The molecule has 0 aliphatic carbocycles. The molecule has 2 aromatic carbocycles. The number of benzene rings is 2. The lowest BCUT2D eigenvalue weighted by Crippen LogP contribution is -2.43. The third-order valence-corrected chi connectivity index (χ3v) is 6.76. The monoisotopic (exact) mass is 433 g/mol. The second-order valence-corrected chi connectivity index (χ2v) is 9.69. The second kappa shape index (κ2) is 9.68. The van der Waals surface area contributed by atoms with Crippen LogP contribution in [0.2, 0.25) is 0 Å². The third kappa shape index (κ3) is 6.10. The van der Waals surface area contributed by atoms with E-state index >= 15 is 0 Å². The average molecular weight is 434 g/mol. The lowest BCUT2D eigenvalue weighted by atomic mass is 9.98. The smallest absolute Gasteiger partial charge is 0.240 e. The largest absolute Gasteiger partial charge is 0.325 e. The van der Waals surface area contributed by atoms with Crippen LogP contribution in [0.3, 0.4) is 0 Å². The number of hydrogen-bond acceptors (Lipinski definition) is 4. The zero-order valence-corrected chi connectivity index (χ0v) is 18.1. The van der Waals surface area contributed by atoms with Gasteiger partial charge in [0.05, 0.1) is 11.4 Å². The van der Waals surface area contributed by atoms with Gasteiger partial charge in [0.15, 0.2) is 0 Å². The first-order valence-corrected chi connectivity index (χ1v) is 11.6. The van der Waals surface area contributed by atoms with Crippen molar-refractivity contribution >= 4 is 21.6 Å². The predicted molar refractivity (Wildman–Crippen MR) is 115 cm³/mol. The van der Waals surface area contributed by atoms with Gasteiger partial charge < -0.3 is 5.32 Å². The topological polar surface area (TPSA) is 78.5 Å². The van der Waals surface area contributed by atoms with Crippen LogP contribution >= 0.6 is 0 Å². The van der Waals surface area contributed by atoms with E-state index in [2.05, 4.69) is 10.0 Å². The van der Waals surface area contributed by atoms with Gasteiger partial charge in [-0.3, -0.25) is 9.69 Å². The van der Waals surface area contributed by atoms with Crippen LogP contribution in [-0.2, 0) is 14.8 Å². The van der Waals surface area contributed by atoms with E-state index in [9.17, 15) is 17.6 Å². The van der Waals surface area contributed by atoms with Crippen molar-refractivity contribution in [1.29, 1.82) is 0 Å². The van der Waals surface area contributed by atoms with Gasteiger partial charge in [-0.05, 0) is 69.0 Å². The van der Waals surface area contributed by atoms with Gasteiger partial charge in [-0.1, -0.05) is 23.8 Å². The normalized spacial score (nSPS) is 17.6. The number of rotatable bonds is 7. The highest BCUT2D eigenvalue weighted by Crippen LogP contribution is 2.18. The molecule has 1 amide bonds. The van der Waals surface area contributed by atoms with Crippen LogP contribution in [0.5, 0.6) is 0 Å². The number of carbonyl (C=O) groups is 1. The van der Waals surface area contributed by atoms with Crippen LogP contribution in [0.1, 0.15) is 24.0 Å². The fraction of sp³-hybridized carbons (Fsp3) is 0.409. The minimum atomic E-state index is -3.55. The first kappa shape index (κ1) is 22.4. The number of hydrogen-bond donors (Lipinski definition) is 2. The molecule has 1 aliphatic heterocycles. The van der Waals surface area contributed by atoms with Crippen LogP contribution in [-0.4, -0.2) is 45.4 Å². The van der Waals surface area contributed by atoms with Crippen LogP contribution in [0.15, 0.2) is 47.4 Å². The molecule has 8 heteroatoms. The SMILES string of the molecule is Cc1ccc(S(=O)(=O)NCC2CCCN(CC(=O)Nc3ccc(C)c(F)c3)C2)cc1. The highest BCUT2D eigenvalue weighted by Gasteiger charge is 2.24. The summed E-state index contributed by atoms with van der Waals surface area (Å²) in [5.74, 6) is -0.436. The molecule has 2 N–H and O–H groups in total. The molecule has 1 fully saturated rings. The molecule has 1 atom stereocenters. The van der Waals surface area contributed by atoms with Gasteiger partial charge in [0.2, 0.25) is 15.9 Å². The first-order chi connectivity index (χ1) is 14.2. The molecule has 0 saturated carbocycles. The van der Waals surface area contributed by atoms with Gasteiger partial charge in [0.25, 0.3) is 0 Å². The van der Waals surface area contributed by atoms with E-state index < -0.39 is 10.0 Å². The highest BCUT2D eigenvalue weighted by atomic mass is 32.2.